The van der Waals surface area contributed by atoms with Gasteiger partial charge in [-0.15, -0.1) is 0 Å². The van der Waals surface area contributed by atoms with Gasteiger partial charge in [0, 0.05) is 5.92 Å². The molecule has 1 aromatic heterocycles. The molecule has 0 saturated heterocycles. The standard InChI is InChI=1S/C14H14N2O5/c1-19-9-4-5-11(10(6-9)14(17)18)20-7-12-15-13(16-21-12)8-2-3-8/h4-6,8H,2-3,7H2,1H3,(H,17,18). The number of aromatic carboxylic acids is 1. The number of ether oxygens (including phenoxy) is 2. The highest BCUT2D eigenvalue weighted by Gasteiger charge is 2.28. The van der Waals surface area contributed by atoms with Gasteiger partial charge in [0.1, 0.15) is 17.1 Å². The molecule has 1 saturated carbocycles. The summed E-state index contributed by atoms with van der Waals surface area (Å²) >= 11 is 0. The first-order valence-electron chi connectivity index (χ1n) is 6.54. The van der Waals surface area contributed by atoms with Crippen LogP contribution in [-0.2, 0) is 6.61 Å². The van der Waals surface area contributed by atoms with Gasteiger partial charge in [-0.3, -0.25) is 0 Å². The fourth-order valence-corrected chi connectivity index (χ4v) is 1.90. The molecular formula is C14H14N2O5. The highest BCUT2D eigenvalue weighted by molar-refractivity contribution is 5.91. The molecule has 2 aromatic rings. The van der Waals surface area contributed by atoms with Crippen molar-refractivity contribution in [3.63, 3.8) is 0 Å². The summed E-state index contributed by atoms with van der Waals surface area (Å²) in [7, 11) is 1.47. The number of carboxylic acids is 1. The Balaban J connectivity index is 1.72. The Morgan fingerprint density at radius 1 is 1.48 bits per heavy atom. The van der Waals surface area contributed by atoms with Crippen molar-refractivity contribution in [1.82, 2.24) is 10.1 Å². The van der Waals surface area contributed by atoms with Crippen LogP contribution in [0.5, 0.6) is 11.5 Å². The van der Waals surface area contributed by atoms with Crippen LogP contribution in [0.1, 0.15) is 40.8 Å². The molecule has 7 heteroatoms. The van der Waals surface area contributed by atoms with Gasteiger partial charge in [0.15, 0.2) is 12.4 Å². The molecule has 0 amide bonds. The number of benzene rings is 1. The molecule has 1 aliphatic rings. The normalized spacial score (nSPS) is 14.0. The van der Waals surface area contributed by atoms with Crippen molar-refractivity contribution in [2.75, 3.05) is 7.11 Å². The number of hydrogen-bond acceptors (Lipinski definition) is 6. The van der Waals surface area contributed by atoms with E-state index in [9.17, 15) is 9.90 Å². The second-order valence-corrected chi connectivity index (χ2v) is 4.78. The third-order valence-electron chi connectivity index (χ3n) is 3.19. The number of hydrogen-bond donors (Lipinski definition) is 1. The molecule has 0 unspecified atom stereocenters. The summed E-state index contributed by atoms with van der Waals surface area (Å²) in [5, 5.41) is 13.1. The third-order valence-corrected chi connectivity index (χ3v) is 3.19. The van der Waals surface area contributed by atoms with E-state index in [1.165, 1.54) is 13.2 Å². The minimum atomic E-state index is -1.09. The van der Waals surface area contributed by atoms with E-state index in [1.54, 1.807) is 12.1 Å². The Morgan fingerprint density at radius 3 is 2.95 bits per heavy atom. The molecule has 1 N–H and O–H groups in total. The predicted molar refractivity (Wildman–Crippen MR) is 70.6 cm³/mol. The number of aromatic nitrogens is 2. The first-order chi connectivity index (χ1) is 10.2. The van der Waals surface area contributed by atoms with Crippen LogP contribution in [0.4, 0.5) is 0 Å². The quantitative estimate of drug-likeness (QED) is 0.871. The van der Waals surface area contributed by atoms with Gasteiger partial charge in [-0.1, -0.05) is 5.16 Å². The Hall–Kier alpha value is -2.57. The Morgan fingerprint density at radius 2 is 2.29 bits per heavy atom. The zero-order chi connectivity index (χ0) is 14.8. The maximum atomic E-state index is 11.2. The fraction of sp³-hybridized carbons (Fsp3) is 0.357. The Bertz CT molecular complexity index is 663. The Kier molecular flexibility index (Phi) is 3.47. The minimum Gasteiger partial charge on any atom is -0.497 e. The van der Waals surface area contributed by atoms with Gasteiger partial charge in [0.25, 0.3) is 5.89 Å². The van der Waals surface area contributed by atoms with Crippen LogP contribution >= 0.6 is 0 Å². The average molecular weight is 290 g/mol. The molecule has 1 aromatic carbocycles. The van der Waals surface area contributed by atoms with E-state index in [4.69, 9.17) is 14.0 Å². The highest BCUT2D eigenvalue weighted by Crippen LogP contribution is 2.38. The number of carbonyl (C=O) groups is 1. The van der Waals surface area contributed by atoms with Crippen LogP contribution in [0.25, 0.3) is 0 Å². The molecular weight excluding hydrogens is 276 g/mol. The van der Waals surface area contributed by atoms with Crippen molar-refractivity contribution in [3.05, 3.63) is 35.5 Å². The van der Waals surface area contributed by atoms with Crippen LogP contribution in [0.3, 0.4) is 0 Å². The molecule has 0 spiro atoms. The Labute approximate surface area is 120 Å². The van der Waals surface area contributed by atoms with Crippen molar-refractivity contribution in [3.8, 4) is 11.5 Å². The molecule has 0 bridgehead atoms. The lowest BCUT2D eigenvalue weighted by molar-refractivity contribution is 0.0690. The highest BCUT2D eigenvalue weighted by atomic mass is 16.5. The van der Waals surface area contributed by atoms with E-state index in [1.807, 2.05) is 0 Å². The summed E-state index contributed by atoms with van der Waals surface area (Å²) in [5.74, 6) is 1.03. The zero-order valence-electron chi connectivity index (χ0n) is 11.4. The SMILES string of the molecule is COc1ccc(OCc2nc(C3CC3)no2)c(C(=O)O)c1. The van der Waals surface area contributed by atoms with Gasteiger partial charge in [-0.05, 0) is 31.0 Å². The van der Waals surface area contributed by atoms with E-state index in [-0.39, 0.29) is 17.9 Å². The first kappa shape index (κ1) is 13.4. The fourth-order valence-electron chi connectivity index (χ4n) is 1.90. The van der Waals surface area contributed by atoms with Crippen LogP contribution < -0.4 is 9.47 Å². The summed E-state index contributed by atoms with van der Waals surface area (Å²) in [6, 6.07) is 4.58. The van der Waals surface area contributed by atoms with E-state index < -0.39 is 5.97 Å². The summed E-state index contributed by atoms with van der Waals surface area (Å²) < 4.78 is 15.5. The third kappa shape index (κ3) is 2.96. The van der Waals surface area contributed by atoms with E-state index >= 15 is 0 Å². The molecule has 21 heavy (non-hydrogen) atoms. The van der Waals surface area contributed by atoms with Gasteiger partial charge < -0.3 is 19.1 Å². The number of rotatable bonds is 6. The molecule has 7 nitrogen and oxygen atoms in total. The van der Waals surface area contributed by atoms with E-state index in [0.717, 1.165) is 12.8 Å². The monoisotopic (exact) mass is 290 g/mol. The van der Waals surface area contributed by atoms with E-state index in [2.05, 4.69) is 10.1 Å². The molecule has 110 valence electrons. The van der Waals surface area contributed by atoms with Gasteiger partial charge in [0.05, 0.1) is 7.11 Å². The molecule has 0 atom stereocenters. The second-order valence-electron chi connectivity index (χ2n) is 4.78. The molecule has 1 heterocycles. The van der Waals surface area contributed by atoms with Gasteiger partial charge in [0.2, 0.25) is 0 Å². The lowest BCUT2D eigenvalue weighted by Gasteiger charge is -2.08. The summed E-state index contributed by atoms with van der Waals surface area (Å²) in [6.07, 6.45) is 2.17. The first-order valence-corrected chi connectivity index (χ1v) is 6.54. The zero-order valence-corrected chi connectivity index (χ0v) is 11.4. The second kappa shape index (κ2) is 5.43. The minimum absolute atomic E-state index is 0.0243. The van der Waals surface area contributed by atoms with Crippen molar-refractivity contribution < 1.29 is 23.9 Å². The predicted octanol–water partition coefficient (Wildman–Crippen LogP) is 2.23. The lowest BCUT2D eigenvalue weighted by Crippen LogP contribution is -2.04. The topological polar surface area (TPSA) is 94.7 Å². The molecule has 1 aliphatic carbocycles. The van der Waals surface area contributed by atoms with Gasteiger partial charge in [-0.25, -0.2) is 4.79 Å². The lowest BCUT2D eigenvalue weighted by atomic mass is 10.2. The maximum Gasteiger partial charge on any atom is 0.339 e. The van der Waals surface area contributed by atoms with E-state index in [0.29, 0.717) is 23.4 Å². The molecule has 1 fully saturated rings. The summed E-state index contributed by atoms with van der Waals surface area (Å²) in [4.78, 5) is 15.4. The van der Waals surface area contributed by atoms with Crippen molar-refractivity contribution >= 4 is 5.97 Å². The number of methoxy groups -OCH3 is 1. The van der Waals surface area contributed by atoms with Crippen molar-refractivity contribution in [1.29, 1.82) is 0 Å². The van der Waals surface area contributed by atoms with Crippen LogP contribution in [-0.4, -0.2) is 28.3 Å². The van der Waals surface area contributed by atoms with Crippen LogP contribution in [0, 0.1) is 0 Å². The van der Waals surface area contributed by atoms with Crippen LogP contribution in [0.15, 0.2) is 22.7 Å². The molecule has 0 radical (unpaired) electrons. The van der Waals surface area contributed by atoms with Crippen molar-refractivity contribution in [2.24, 2.45) is 0 Å². The average Bonchev–Trinajstić information content (AvgIpc) is 3.24. The summed E-state index contributed by atoms with van der Waals surface area (Å²) in [5.41, 5.74) is 0.0243. The van der Waals surface area contributed by atoms with Crippen LogP contribution in [0.2, 0.25) is 0 Å². The summed E-state index contributed by atoms with van der Waals surface area (Å²) in [6.45, 7) is 0.0341. The smallest absolute Gasteiger partial charge is 0.339 e. The molecule has 0 aliphatic heterocycles. The number of carboxylic acid groups (broad SMARTS) is 1. The van der Waals surface area contributed by atoms with Gasteiger partial charge >= 0.3 is 5.97 Å². The number of nitrogens with zero attached hydrogens (tertiary/aromatic N) is 2. The molecule has 3 rings (SSSR count). The van der Waals surface area contributed by atoms with Gasteiger partial charge in [-0.2, -0.15) is 4.98 Å². The maximum absolute atomic E-state index is 11.2. The van der Waals surface area contributed by atoms with Crippen molar-refractivity contribution in [2.45, 2.75) is 25.4 Å². The largest absolute Gasteiger partial charge is 0.497 e.